The van der Waals surface area contributed by atoms with Crippen LogP contribution < -0.4 is 0 Å². The van der Waals surface area contributed by atoms with Gasteiger partial charge in [0, 0.05) is 25.7 Å². The van der Waals surface area contributed by atoms with Crippen molar-refractivity contribution in [2.75, 3.05) is 32.4 Å². The summed E-state index contributed by atoms with van der Waals surface area (Å²) in [6, 6.07) is 7.65. The lowest BCUT2D eigenvalue weighted by Crippen LogP contribution is -2.43. The monoisotopic (exact) mass is 428 g/mol. The van der Waals surface area contributed by atoms with E-state index in [0.717, 1.165) is 32.4 Å². The van der Waals surface area contributed by atoms with Gasteiger partial charge in [-0.15, -0.1) is 12.4 Å². The van der Waals surface area contributed by atoms with Crippen LogP contribution in [-0.4, -0.2) is 56.1 Å². The molecule has 1 unspecified atom stereocenters. The van der Waals surface area contributed by atoms with E-state index in [1.807, 2.05) is 0 Å². The van der Waals surface area contributed by atoms with E-state index in [1.165, 1.54) is 37.5 Å². The van der Waals surface area contributed by atoms with Crippen molar-refractivity contribution in [2.24, 2.45) is 5.92 Å². The van der Waals surface area contributed by atoms with Gasteiger partial charge in [0.2, 0.25) is 10.0 Å². The molecule has 1 atom stereocenters. The maximum absolute atomic E-state index is 11.7. The molecule has 0 bridgehead atoms. The molecule has 3 rings (SSSR count). The summed E-state index contributed by atoms with van der Waals surface area (Å²) in [6.45, 7) is 8.09. The van der Waals surface area contributed by atoms with Crippen LogP contribution in [0.4, 0.5) is 0 Å². The largest absolute Gasteiger partial charge is 0.300 e. The molecule has 160 valence electrons. The fourth-order valence-electron chi connectivity index (χ4n) is 4.76. The highest BCUT2D eigenvalue weighted by atomic mass is 35.5. The maximum atomic E-state index is 11.7. The Hall–Kier alpha value is -0.620. The van der Waals surface area contributed by atoms with Gasteiger partial charge in [0.1, 0.15) is 0 Å². The quantitative estimate of drug-likeness (QED) is 0.661. The fraction of sp³-hybridized carbons (Fsp3) is 0.727. The molecule has 1 aliphatic heterocycles. The smallest absolute Gasteiger partial charge is 0.211 e. The van der Waals surface area contributed by atoms with E-state index in [9.17, 15) is 8.42 Å². The molecule has 0 aromatic heterocycles. The number of aryl methyl sites for hydroxylation is 2. The van der Waals surface area contributed by atoms with E-state index in [-0.39, 0.29) is 12.4 Å². The first-order valence-corrected chi connectivity index (χ1v) is 12.5. The number of likely N-dealkylation sites (N-methyl/N-ethyl adjacent to an activating group) is 1. The zero-order chi connectivity index (χ0) is 19.4. The highest BCUT2D eigenvalue weighted by molar-refractivity contribution is 7.88. The van der Waals surface area contributed by atoms with Gasteiger partial charge in [-0.3, -0.25) is 0 Å². The molecule has 0 radical (unpaired) electrons. The van der Waals surface area contributed by atoms with Gasteiger partial charge in [-0.2, -0.15) is 0 Å². The van der Waals surface area contributed by atoms with Gasteiger partial charge in [0.05, 0.1) is 6.26 Å². The first-order valence-electron chi connectivity index (χ1n) is 10.7. The Balaban J connectivity index is 0.00000280. The molecule has 0 amide bonds. The third-order valence-corrected chi connectivity index (χ3v) is 7.81. The molecule has 6 heteroatoms. The van der Waals surface area contributed by atoms with Gasteiger partial charge >= 0.3 is 0 Å². The predicted octanol–water partition coefficient (Wildman–Crippen LogP) is 3.91. The Morgan fingerprint density at radius 2 is 1.79 bits per heavy atom. The van der Waals surface area contributed by atoms with E-state index >= 15 is 0 Å². The van der Waals surface area contributed by atoms with E-state index < -0.39 is 10.0 Å². The SMILES string of the molecule is CCN(CC1CCN(S(C)(=O)=O)CC1)C(C)Cc1ccc2c(c1)CCCC2.Cl. The molecule has 0 N–H and O–H groups in total. The van der Waals surface area contributed by atoms with Gasteiger partial charge in [-0.1, -0.05) is 25.1 Å². The molecule has 0 saturated carbocycles. The second-order valence-corrected chi connectivity index (χ2v) is 10.5. The summed E-state index contributed by atoms with van der Waals surface area (Å²) in [5.74, 6) is 0.605. The molecule has 1 heterocycles. The van der Waals surface area contributed by atoms with Crippen molar-refractivity contribution in [3.8, 4) is 0 Å². The summed E-state index contributed by atoms with van der Waals surface area (Å²) in [5, 5.41) is 0. The average Bonchev–Trinajstić information content (AvgIpc) is 2.65. The number of nitrogens with zero attached hydrogens (tertiary/aromatic N) is 2. The Labute approximate surface area is 178 Å². The second kappa shape index (κ2) is 10.4. The predicted molar refractivity (Wildman–Crippen MR) is 120 cm³/mol. The van der Waals surface area contributed by atoms with Crippen LogP contribution in [0, 0.1) is 5.92 Å². The summed E-state index contributed by atoms with van der Waals surface area (Å²) in [4.78, 5) is 2.58. The second-order valence-electron chi connectivity index (χ2n) is 8.56. The van der Waals surface area contributed by atoms with Crippen LogP contribution in [-0.2, 0) is 29.3 Å². The topological polar surface area (TPSA) is 40.6 Å². The van der Waals surface area contributed by atoms with Crippen molar-refractivity contribution in [1.82, 2.24) is 9.21 Å². The minimum atomic E-state index is -3.03. The molecule has 0 spiro atoms. The summed E-state index contributed by atoms with van der Waals surface area (Å²) in [6.07, 6.45) is 9.55. The minimum absolute atomic E-state index is 0. The molecule has 1 aromatic rings. The van der Waals surface area contributed by atoms with Crippen molar-refractivity contribution in [3.05, 3.63) is 34.9 Å². The number of rotatable bonds is 7. The van der Waals surface area contributed by atoms with Gasteiger partial charge < -0.3 is 4.90 Å². The minimum Gasteiger partial charge on any atom is -0.300 e. The Bertz CT molecular complexity index is 730. The number of piperidine rings is 1. The van der Waals surface area contributed by atoms with Crippen LogP contribution in [0.5, 0.6) is 0 Å². The highest BCUT2D eigenvalue weighted by Crippen LogP contribution is 2.24. The number of sulfonamides is 1. The van der Waals surface area contributed by atoms with Crippen LogP contribution in [0.1, 0.15) is 56.2 Å². The van der Waals surface area contributed by atoms with Crippen molar-refractivity contribution in [3.63, 3.8) is 0 Å². The van der Waals surface area contributed by atoms with Crippen molar-refractivity contribution < 1.29 is 8.42 Å². The van der Waals surface area contributed by atoms with Crippen LogP contribution >= 0.6 is 12.4 Å². The van der Waals surface area contributed by atoms with Gasteiger partial charge in [0.25, 0.3) is 0 Å². The standard InChI is InChI=1S/C22H36N2O2S.ClH/c1-4-23(17-19-11-13-24(14-12-19)27(3,25)26)18(2)15-20-9-10-21-7-5-6-8-22(21)16-20;/h9-10,16,18-19H,4-8,11-15,17H2,1-3H3;1H. The molecule has 1 aliphatic carbocycles. The number of fused-ring (bicyclic) bond motifs is 1. The normalized spacial score (nSPS) is 19.9. The van der Waals surface area contributed by atoms with Crippen molar-refractivity contribution >= 4 is 22.4 Å². The maximum Gasteiger partial charge on any atom is 0.211 e. The third kappa shape index (κ3) is 6.19. The van der Waals surface area contributed by atoms with Crippen molar-refractivity contribution in [2.45, 2.75) is 64.8 Å². The fourth-order valence-corrected chi connectivity index (χ4v) is 5.63. The van der Waals surface area contributed by atoms with Gasteiger partial charge in [-0.25, -0.2) is 12.7 Å². The number of halogens is 1. The first kappa shape index (κ1) is 23.7. The van der Waals surface area contributed by atoms with Gasteiger partial charge in [0.15, 0.2) is 0 Å². The molecule has 1 fully saturated rings. The van der Waals surface area contributed by atoms with E-state index in [1.54, 1.807) is 15.4 Å². The Morgan fingerprint density at radius 3 is 2.39 bits per heavy atom. The third-order valence-electron chi connectivity index (χ3n) is 6.51. The lowest BCUT2D eigenvalue weighted by atomic mass is 9.89. The van der Waals surface area contributed by atoms with E-state index in [4.69, 9.17) is 0 Å². The summed E-state index contributed by atoms with van der Waals surface area (Å²) < 4.78 is 25.0. The van der Waals surface area contributed by atoms with Crippen LogP contribution in [0.3, 0.4) is 0 Å². The Morgan fingerprint density at radius 1 is 1.14 bits per heavy atom. The molecular weight excluding hydrogens is 392 g/mol. The Kier molecular flexibility index (Phi) is 8.80. The lowest BCUT2D eigenvalue weighted by Gasteiger charge is -2.36. The summed E-state index contributed by atoms with van der Waals surface area (Å²) in [7, 11) is -3.03. The number of benzene rings is 1. The number of hydrogen-bond donors (Lipinski definition) is 0. The van der Waals surface area contributed by atoms with Crippen LogP contribution in [0.15, 0.2) is 18.2 Å². The molecule has 1 aromatic carbocycles. The number of hydrogen-bond acceptors (Lipinski definition) is 3. The van der Waals surface area contributed by atoms with Crippen molar-refractivity contribution in [1.29, 1.82) is 0 Å². The summed E-state index contributed by atoms with van der Waals surface area (Å²) in [5.41, 5.74) is 4.60. The molecular formula is C22H37ClN2O2S. The van der Waals surface area contributed by atoms with E-state index in [0.29, 0.717) is 25.0 Å². The molecule has 2 aliphatic rings. The summed E-state index contributed by atoms with van der Waals surface area (Å²) >= 11 is 0. The lowest BCUT2D eigenvalue weighted by molar-refractivity contribution is 0.152. The zero-order valence-electron chi connectivity index (χ0n) is 17.7. The molecule has 4 nitrogen and oxygen atoms in total. The average molecular weight is 429 g/mol. The first-order chi connectivity index (χ1) is 12.9. The van der Waals surface area contributed by atoms with E-state index in [2.05, 4.69) is 36.9 Å². The zero-order valence-corrected chi connectivity index (χ0v) is 19.3. The highest BCUT2D eigenvalue weighted by Gasteiger charge is 2.27. The van der Waals surface area contributed by atoms with Crippen LogP contribution in [0.25, 0.3) is 0 Å². The molecule has 1 saturated heterocycles. The molecule has 28 heavy (non-hydrogen) atoms. The van der Waals surface area contributed by atoms with Gasteiger partial charge in [-0.05, 0) is 81.0 Å². The van der Waals surface area contributed by atoms with Crippen LogP contribution in [0.2, 0.25) is 0 Å².